The standard InChI is InChI=1S/C24H25N3O3S/c1-16(28)18-11-5-7-13-20(18)25-22(29)15-31-24-26-21-14-8-6-12-19(21)23(30)27(24)17-9-3-2-4-10-17/h5-8,11-14,17H,2-4,9-10,15H2,1H3,(H,25,29). The molecule has 1 aliphatic carbocycles. The molecule has 0 spiro atoms. The van der Waals surface area contributed by atoms with E-state index in [9.17, 15) is 14.4 Å². The molecule has 0 atom stereocenters. The van der Waals surface area contributed by atoms with Crippen molar-refractivity contribution >= 4 is 40.0 Å². The zero-order chi connectivity index (χ0) is 21.8. The highest BCUT2D eigenvalue weighted by Crippen LogP contribution is 2.31. The van der Waals surface area contributed by atoms with Crippen LogP contribution in [0, 0.1) is 0 Å². The largest absolute Gasteiger partial charge is 0.325 e. The van der Waals surface area contributed by atoms with Gasteiger partial charge in [0.05, 0.1) is 22.3 Å². The van der Waals surface area contributed by atoms with Crippen LogP contribution >= 0.6 is 11.8 Å². The minimum atomic E-state index is -0.240. The minimum Gasteiger partial charge on any atom is -0.325 e. The molecule has 2 aromatic carbocycles. The Kier molecular flexibility index (Phi) is 6.51. The fourth-order valence-electron chi connectivity index (χ4n) is 4.10. The Morgan fingerprint density at radius 2 is 1.77 bits per heavy atom. The van der Waals surface area contributed by atoms with E-state index in [0.717, 1.165) is 25.7 Å². The molecule has 1 N–H and O–H groups in total. The molecular formula is C24H25N3O3S. The molecule has 1 amide bonds. The molecule has 1 saturated carbocycles. The molecule has 4 rings (SSSR count). The van der Waals surface area contributed by atoms with Crippen LogP contribution in [0.5, 0.6) is 0 Å². The van der Waals surface area contributed by atoms with Gasteiger partial charge in [0.25, 0.3) is 5.56 Å². The third kappa shape index (κ3) is 4.71. The summed E-state index contributed by atoms with van der Waals surface area (Å²) in [6, 6.07) is 14.4. The normalized spacial score (nSPS) is 14.5. The number of hydrogen-bond donors (Lipinski definition) is 1. The van der Waals surface area contributed by atoms with Gasteiger partial charge < -0.3 is 5.32 Å². The van der Waals surface area contributed by atoms with Gasteiger partial charge in [-0.2, -0.15) is 0 Å². The van der Waals surface area contributed by atoms with E-state index >= 15 is 0 Å². The summed E-state index contributed by atoms with van der Waals surface area (Å²) in [6.45, 7) is 1.47. The van der Waals surface area contributed by atoms with Crippen molar-refractivity contribution in [3.8, 4) is 0 Å². The Bertz CT molecular complexity index is 1180. The lowest BCUT2D eigenvalue weighted by Crippen LogP contribution is -2.29. The smallest absolute Gasteiger partial charge is 0.262 e. The summed E-state index contributed by atoms with van der Waals surface area (Å²) >= 11 is 1.27. The van der Waals surface area contributed by atoms with Gasteiger partial charge in [-0.1, -0.05) is 55.3 Å². The third-order valence-corrected chi connectivity index (χ3v) is 6.58. The number of nitrogens with zero attached hydrogens (tertiary/aromatic N) is 2. The molecule has 0 aliphatic heterocycles. The Morgan fingerprint density at radius 3 is 2.55 bits per heavy atom. The van der Waals surface area contributed by atoms with Crippen molar-refractivity contribution in [3.05, 3.63) is 64.4 Å². The molecule has 0 bridgehead atoms. The van der Waals surface area contributed by atoms with Crippen molar-refractivity contribution in [2.45, 2.75) is 50.2 Å². The van der Waals surface area contributed by atoms with E-state index in [2.05, 4.69) is 5.32 Å². The van der Waals surface area contributed by atoms with Crippen LogP contribution in [0.1, 0.15) is 55.4 Å². The number of thioether (sulfide) groups is 1. The average molecular weight is 436 g/mol. The molecule has 1 fully saturated rings. The van der Waals surface area contributed by atoms with Gasteiger partial charge in [-0.3, -0.25) is 19.0 Å². The quantitative estimate of drug-likeness (QED) is 0.341. The Hall–Kier alpha value is -2.93. The first-order valence-corrected chi connectivity index (χ1v) is 11.6. The number of ketones is 1. The number of para-hydroxylation sites is 2. The van der Waals surface area contributed by atoms with Crippen LogP contribution < -0.4 is 10.9 Å². The van der Waals surface area contributed by atoms with Crippen LogP contribution in [0.2, 0.25) is 0 Å². The molecule has 1 heterocycles. The van der Waals surface area contributed by atoms with Crippen molar-refractivity contribution in [2.24, 2.45) is 0 Å². The fourth-order valence-corrected chi connectivity index (χ4v) is 4.97. The third-order valence-electron chi connectivity index (χ3n) is 5.63. The maximum atomic E-state index is 13.3. The highest BCUT2D eigenvalue weighted by Gasteiger charge is 2.22. The van der Waals surface area contributed by atoms with Crippen LogP contribution in [-0.2, 0) is 4.79 Å². The second-order valence-electron chi connectivity index (χ2n) is 7.82. The second kappa shape index (κ2) is 9.47. The lowest BCUT2D eigenvalue weighted by Gasteiger charge is -2.26. The van der Waals surface area contributed by atoms with Crippen molar-refractivity contribution < 1.29 is 9.59 Å². The molecule has 1 aliphatic rings. The number of rotatable bonds is 6. The van der Waals surface area contributed by atoms with Crippen molar-refractivity contribution in [2.75, 3.05) is 11.1 Å². The van der Waals surface area contributed by atoms with E-state index in [1.54, 1.807) is 28.8 Å². The lowest BCUT2D eigenvalue weighted by molar-refractivity contribution is -0.113. The fraction of sp³-hybridized carbons (Fsp3) is 0.333. The van der Waals surface area contributed by atoms with Crippen molar-refractivity contribution in [1.82, 2.24) is 9.55 Å². The van der Waals surface area contributed by atoms with E-state index in [1.165, 1.54) is 25.1 Å². The number of hydrogen-bond acceptors (Lipinski definition) is 5. The number of nitrogens with one attached hydrogen (secondary N) is 1. The predicted molar refractivity (Wildman–Crippen MR) is 124 cm³/mol. The molecule has 0 radical (unpaired) electrons. The van der Waals surface area contributed by atoms with Gasteiger partial charge in [0.1, 0.15) is 0 Å². The molecular weight excluding hydrogens is 410 g/mol. The number of Topliss-reactive ketones (excluding diaryl/α,β-unsaturated/α-hetero) is 1. The summed E-state index contributed by atoms with van der Waals surface area (Å²) in [5.74, 6) is -0.244. The van der Waals surface area contributed by atoms with Gasteiger partial charge in [0, 0.05) is 11.6 Å². The molecule has 31 heavy (non-hydrogen) atoms. The second-order valence-corrected chi connectivity index (χ2v) is 8.76. The molecule has 1 aromatic heterocycles. The zero-order valence-electron chi connectivity index (χ0n) is 17.5. The summed E-state index contributed by atoms with van der Waals surface area (Å²) in [7, 11) is 0. The number of benzene rings is 2. The highest BCUT2D eigenvalue weighted by atomic mass is 32.2. The molecule has 0 unspecified atom stereocenters. The van der Waals surface area contributed by atoms with Gasteiger partial charge in [0.2, 0.25) is 5.91 Å². The zero-order valence-corrected chi connectivity index (χ0v) is 18.3. The predicted octanol–water partition coefficient (Wildman–Crippen LogP) is 4.84. The van der Waals surface area contributed by atoms with Crippen LogP contribution in [0.25, 0.3) is 10.9 Å². The molecule has 160 valence electrons. The number of fused-ring (bicyclic) bond motifs is 1. The maximum absolute atomic E-state index is 13.3. The SMILES string of the molecule is CC(=O)c1ccccc1NC(=O)CSc1nc2ccccc2c(=O)n1C1CCCCC1. The highest BCUT2D eigenvalue weighted by molar-refractivity contribution is 7.99. The topological polar surface area (TPSA) is 81.1 Å². The van der Waals surface area contributed by atoms with Gasteiger partial charge in [-0.15, -0.1) is 0 Å². The minimum absolute atomic E-state index is 0.0395. The first kappa shape index (κ1) is 21.3. The summed E-state index contributed by atoms with van der Waals surface area (Å²) in [6.07, 6.45) is 5.27. The van der Waals surface area contributed by atoms with Crippen LogP contribution in [0.3, 0.4) is 0 Å². The van der Waals surface area contributed by atoms with Gasteiger partial charge in [-0.25, -0.2) is 4.98 Å². The van der Waals surface area contributed by atoms with E-state index < -0.39 is 0 Å². The number of amides is 1. The van der Waals surface area contributed by atoms with Crippen LogP contribution in [0.4, 0.5) is 5.69 Å². The Labute approximate surface area is 185 Å². The van der Waals surface area contributed by atoms with Crippen molar-refractivity contribution in [1.29, 1.82) is 0 Å². The lowest BCUT2D eigenvalue weighted by atomic mass is 9.95. The molecule has 7 heteroatoms. The van der Waals surface area contributed by atoms with E-state index in [4.69, 9.17) is 4.98 Å². The van der Waals surface area contributed by atoms with E-state index in [0.29, 0.717) is 27.3 Å². The van der Waals surface area contributed by atoms with Gasteiger partial charge in [-0.05, 0) is 44.0 Å². The monoisotopic (exact) mass is 435 g/mol. The number of anilines is 1. The number of carbonyl (C=O) groups is 2. The maximum Gasteiger partial charge on any atom is 0.262 e. The number of carbonyl (C=O) groups excluding carboxylic acids is 2. The van der Waals surface area contributed by atoms with E-state index in [1.807, 2.05) is 24.3 Å². The molecule has 6 nitrogen and oxygen atoms in total. The van der Waals surface area contributed by atoms with Crippen molar-refractivity contribution in [3.63, 3.8) is 0 Å². The van der Waals surface area contributed by atoms with Gasteiger partial charge in [0.15, 0.2) is 10.9 Å². The van der Waals surface area contributed by atoms with E-state index in [-0.39, 0.29) is 29.0 Å². The Balaban J connectivity index is 1.60. The molecule has 0 saturated heterocycles. The summed E-state index contributed by atoms with van der Waals surface area (Å²) in [5.41, 5.74) is 1.58. The average Bonchev–Trinajstić information content (AvgIpc) is 2.78. The Morgan fingerprint density at radius 1 is 1.06 bits per heavy atom. The number of aromatic nitrogens is 2. The van der Waals surface area contributed by atoms with Crippen LogP contribution in [0.15, 0.2) is 58.5 Å². The summed E-state index contributed by atoms with van der Waals surface area (Å²) in [5, 5.41) is 4.00. The molecule has 3 aromatic rings. The first-order valence-electron chi connectivity index (χ1n) is 10.6. The van der Waals surface area contributed by atoms with Crippen LogP contribution in [-0.4, -0.2) is 27.0 Å². The summed E-state index contributed by atoms with van der Waals surface area (Å²) < 4.78 is 1.79. The van der Waals surface area contributed by atoms with Gasteiger partial charge >= 0.3 is 0 Å². The first-order chi connectivity index (χ1) is 15.0. The summed E-state index contributed by atoms with van der Waals surface area (Å²) in [4.78, 5) is 42.4.